The van der Waals surface area contributed by atoms with Crippen LogP contribution >= 0.6 is 0 Å². The minimum atomic E-state index is 0.195. The molecule has 96 valence electrons. The third kappa shape index (κ3) is 2.26. The van der Waals surface area contributed by atoms with Crippen molar-refractivity contribution in [1.82, 2.24) is 15.1 Å². The van der Waals surface area contributed by atoms with E-state index in [9.17, 15) is 4.79 Å². The van der Waals surface area contributed by atoms with Gasteiger partial charge in [-0.05, 0) is 11.6 Å². The zero-order valence-electron chi connectivity index (χ0n) is 10.6. The van der Waals surface area contributed by atoms with Gasteiger partial charge in [-0.3, -0.25) is 9.69 Å². The summed E-state index contributed by atoms with van der Waals surface area (Å²) in [7, 11) is 0. The fraction of sp³-hybridized carbons (Fsp3) is 0.500. The summed E-state index contributed by atoms with van der Waals surface area (Å²) in [4.78, 5) is 16.6. The Labute approximate surface area is 108 Å². The third-order valence-electron chi connectivity index (χ3n) is 3.79. The van der Waals surface area contributed by atoms with Crippen LogP contribution in [0, 0.1) is 0 Å². The van der Waals surface area contributed by atoms with Crippen LogP contribution in [0.25, 0.3) is 0 Å². The number of benzene rings is 1. The van der Waals surface area contributed by atoms with Crippen molar-refractivity contribution in [1.29, 1.82) is 0 Å². The maximum atomic E-state index is 12.2. The van der Waals surface area contributed by atoms with E-state index in [1.807, 2.05) is 23.1 Å². The second-order valence-electron chi connectivity index (χ2n) is 4.98. The monoisotopic (exact) mass is 245 g/mol. The van der Waals surface area contributed by atoms with Crippen LogP contribution in [-0.4, -0.2) is 55.0 Å². The minimum absolute atomic E-state index is 0.195. The highest BCUT2D eigenvalue weighted by Crippen LogP contribution is 2.21. The molecule has 0 atom stereocenters. The third-order valence-corrected chi connectivity index (χ3v) is 3.79. The van der Waals surface area contributed by atoms with Gasteiger partial charge in [-0.1, -0.05) is 18.2 Å². The van der Waals surface area contributed by atoms with E-state index in [1.54, 1.807) is 0 Å². The average molecular weight is 245 g/mol. The summed E-state index contributed by atoms with van der Waals surface area (Å²) >= 11 is 0. The molecule has 1 aromatic rings. The molecule has 0 unspecified atom stereocenters. The number of rotatable bonds is 3. The molecule has 1 aromatic carbocycles. The second-order valence-corrected chi connectivity index (χ2v) is 4.98. The molecule has 1 N–H and O–H groups in total. The fourth-order valence-electron chi connectivity index (χ4n) is 2.69. The van der Waals surface area contributed by atoms with Crippen molar-refractivity contribution in [3.63, 3.8) is 0 Å². The van der Waals surface area contributed by atoms with Crippen molar-refractivity contribution >= 4 is 5.91 Å². The predicted octanol–water partition coefficient (Wildman–Crippen LogP) is 0.548. The Morgan fingerprint density at radius 3 is 2.67 bits per heavy atom. The van der Waals surface area contributed by atoms with E-state index in [0.717, 1.165) is 51.4 Å². The molecule has 0 saturated carbocycles. The van der Waals surface area contributed by atoms with E-state index in [-0.39, 0.29) is 5.91 Å². The Kier molecular flexibility index (Phi) is 3.30. The largest absolute Gasteiger partial charge is 0.333 e. The molecule has 3 rings (SSSR count). The van der Waals surface area contributed by atoms with Crippen LogP contribution in [-0.2, 0) is 6.54 Å². The highest BCUT2D eigenvalue weighted by molar-refractivity contribution is 5.98. The maximum Gasteiger partial charge on any atom is 0.254 e. The van der Waals surface area contributed by atoms with Crippen molar-refractivity contribution in [2.75, 3.05) is 39.3 Å². The maximum absolute atomic E-state index is 12.2. The summed E-state index contributed by atoms with van der Waals surface area (Å²) in [5.41, 5.74) is 2.06. The molecule has 1 amide bonds. The second kappa shape index (κ2) is 5.08. The Balaban J connectivity index is 1.57. The van der Waals surface area contributed by atoms with Gasteiger partial charge in [-0.15, -0.1) is 0 Å². The molecule has 1 fully saturated rings. The van der Waals surface area contributed by atoms with Gasteiger partial charge >= 0.3 is 0 Å². The summed E-state index contributed by atoms with van der Waals surface area (Å²) in [6.45, 7) is 6.92. The number of nitrogens with one attached hydrogen (secondary N) is 1. The number of piperazine rings is 1. The first-order valence-corrected chi connectivity index (χ1v) is 6.65. The van der Waals surface area contributed by atoms with Crippen LogP contribution in [0.1, 0.15) is 15.9 Å². The van der Waals surface area contributed by atoms with Gasteiger partial charge in [0.2, 0.25) is 0 Å². The van der Waals surface area contributed by atoms with E-state index >= 15 is 0 Å². The average Bonchev–Trinajstić information content (AvgIpc) is 2.75. The van der Waals surface area contributed by atoms with Crippen molar-refractivity contribution in [2.24, 2.45) is 0 Å². The van der Waals surface area contributed by atoms with Gasteiger partial charge < -0.3 is 10.2 Å². The van der Waals surface area contributed by atoms with Gasteiger partial charge in [0.05, 0.1) is 0 Å². The molecule has 0 radical (unpaired) electrons. The van der Waals surface area contributed by atoms with Crippen LogP contribution in [0.2, 0.25) is 0 Å². The molecular weight excluding hydrogens is 226 g/mol. The topological polar surface area (TPSA) is 35.6 Å². The molecule has 0 aliphatic carbocycles. The van der Waals surface area contributed by atoms with Crippen LogP contribution in [0.3, 0.4) is 0 Å². The van der Waals surface area contributed by atoms with E-state index in [2.05, 4.69) is 16.3 Å². The molecule has 4 heteroatoms. The number of carbonyl (C=O) groups excluding carboxylic acids is 1. The van der Waals surface area contributed by atoms with Crippen molar-refractivity contribution in [3.05, 3.63) is 35.4 Å². The molecule has 2 aliphatic heterocycles. The first-order chi connectivity index (χ1) is 8.84. The lowest BCUT2D eigenvalue weighted by Crippen LogP contribution is -2.46. The number of hydrogen-bond donors (Lipinski definition) is 1. The molecular formula is C14H19N3O. The summed E-state index contributed by atoms with van der Waals surface area (Å²) in [5.74, 6) is 0.195. The van der Waals surface area contributed by atoms with Gasteiger partial charge in [0.25, 0.3) is 5.91 Å². The quantitative estimate of drug-likeness (QED) is 0.844. The van der Waals surface area contributed by atoms with Crippen molar-refractivity contribution < 1.29 is 4.79 Å². The fourth-order valence-corrected chi connectivity index (χ4v) is 2.69. The van der Waals surface area contributed by atoms with Gasteiger partial charge in [0, 0.05) is 51.4 Å². The summed E-state index contributed by atoms with van der Waals surface area (Å²) in [6, 6.07) is 7.93. The highest BCUT2D eigenvalue weighted by Gasteiger charge is 2.26. The first kappa shape index (κ1) is 11.7. The van der Waals surface area contributed by atoms with E-state index < -0.39 is 0 Å². The standard InChI is InChI=1S/C14H19N3O/c18-14-13-4-2-1-3-12(13)11-17(14)10-9-16-7-5-15-6-8-16/h1-4,15H,5-11H2. The molecule has 4 nitrogen and oxygen atoms in total. The lowest BCUT2D eigenvalue weighted by atomic mass is 10.1. The number of hydrogen-bond acceptors (Lipinski definition) is 3. The minimum Gasteiger partial charge on any atom is -0.333 e. The van der Waals surface area contributed by atoms with Crippen LogP contribution < -0.4 is 5.32 Å². The van der Waals surface area contributed by atoms with Crippen LogP contribution in [0.15, 0.2) is 24.3 Å². The van der Waals surface area contributed by atoms with Crippen molar-refractivity contribution in [2.45, 2.75) is 6.54 Å². The van der Waals surface area contributed by atoms with Crippen LogP contribution in [0.4, 0.5) is 0 Å². The lowest BCUT2D eigenvalue weighted by Gasteiger charge is -2.28. The molecule has 0 aromatic heterocycles. The van der Waals surface area contributed by atoms with Gasteiger partial charge in [-0.25, -0.2) is 0 Å². The Hall–Kier alpha value is -1.39. The number of nitrogens with zero attached hydrogens (tertiary/aromatic N) is 2. The summed E-state index contributed by atoms with van der Waals surface area (Å²) in [6.07, 6.45) is 0. The molecule has 2 aliphatic rings. The van der Waals surface area contributed by atoms with Crippen LogP contribution in [0.5, 0.6) is 0 Å². The van der Waals surface area contributed by atoms with Crippen molar-refractivity contribution in [3.8, 4) is 0 Å². The van der Waals surface area contributed by atoms with Gasteiger partial charge in [0.15, 0.2) is 0 Å². The van der Waals surface area contributed by atoms with E-state index in [4.69, 9.17) is 0 Å². The predicted molar refractivity (Wildman–Crippen MR) is 70.5 cm³/mol. The van der Waals surface area contributed by atoms with Gasteiger partial charge in [-0.2, -0.15) is 0 Å². The molecule has 18 heavy (non-hydrogen) atoms. The SMILES string of the molecule is O=C1c2ccccc2CN1CCN1CCNCC1. The first-order valence-electron chi connectivity index (χ1n) is 6.65. The number of fused-ring (bicyclic) bond motifs is 1. The normalized spacial score (nSPS) is 20.2. The van der Waals surface area contributed by atoms with E-state index in [1.165, 1.54) is 5.56 Å². The van der Waals surface area contributed by atoms with E-state index in [0.29, 0.717) is 0 Å². The number of carbonyl (C=O) groups is 1. The molecule has 2 heterocycles. The lowest BCUT2D eigenvalue weighted by molar-refractivity contribution is 0.0755. The highest BCUT2D eigenvalue weighted by atomic mass is 16.2. The molecule has 1 saturated heterocycles. The Bertz CT molecular complexity index is 440. The zero-order chi connectivity index (χ0) is 12.4. The Morgan fingerprint density at radius 1 is 1.11 bits per heavy atom. The van der Waals surface area contributed by atoms with Gasteiger partial charge in [0.1, 0.15) is 0 Å². The smallest absolute Gasteiger partial charge is 0.254 e. The summed E-state index contributed by atoms with van der Waals surface area (Å²) < 4.78 is 0. The summed E-state index contributed by atoms with van der Waals surface area (Å²) in [5, 5.41) is 3.34. The molecule has 0 bridgehead atoms. The molecule has 0 spiro atoms. The Morgan fingerprint density at radius 2 is 1.89 bits per heavy atom. The zero-order valence-corrected chi connectivity index (χ0v) is 10.6. The number of amides is 1.